The maximum absolute atomic E-state index is 11.4. The highest BCUT2D eigenvalue weighted by molar-refractivity contribution is 5.74. The Bertz CT molecular complexity index is 225. The summed E-state index contributed by atoms with van der Waals surface area (Å²) < 4.78 is 0. The van der Waals surface area contributed by atoms with E-state index >= 15 is 0 Å². The van der Waals surface area contributed by atoms with Gasteiger partial charge in [0.15, 0.2) is 0 Å². The minimum Gasteiger partial charge on any atom is -0.481 e. The van der Waals surface area contributed by atoms with E-state index in [0.717, 1.165) is 19.3 Å². The maximum atomic E-state index is 11.4. The summed E-state index contributed by atoms with van der Waals surface area (Å²) >= 11 is 0. The van der Waals surface area contributed by atoms with Crippen molar-refractivity contribution in [3.63, 3.8) is 0 Å². The molecule has 0 amide bonds. The number of hydrogen-bond donors (Lipinski definition) is 1. The molecule has 15 heavy (non-hydrogen) atoms. The summed E-state index contributed by atoms with van der Waals surface area (Å²) in [5.74, 6) is 0.411. The number of aliphatic carboxylic acids is 1. The molecule has 3 atom stereocenters. The Hall–Kier alpha value is -0.530. The zero-order chi connectivity index (χ0) is 11.5. The van der Waals surface area contributed by atoms with Crippen LogP contribution in [-0.2, 0) is 4.79 Å². The highest BCUT2D eigenvalue weighted by Crippen LogP contribution is 2.45. The van der Waals surface area contributed by atoms with Gasteiger partial charge in [0.2, 0.25) is 0 Å². The first-order valence-electron chi connectivity index (χ1n) is 6.29. The van der Waals surface area contributed by atoms with Crippen LogP contribution in [0.25, 0.3) is 0 Å². The number of hydrogen-bond acceptors (Lipinski definition) is 1. The summed E-state index contributed by atoms with van der Waals surface area (Å²) in [6, 6.07) is 0. The van der Waals surface area contributed by atoms with E-state index in [1.807, 2.05) is 13.8 Å². The lowest BCUT2D eigenvalue weighted by Crippen LogP contribution is -2.40. The van der Waals surface area contributed by atoms with Crippen molar-refractivity contribution in [1.82, 2.24) is 0 Å². The average Bonchev–Trinajstić information content (AvgIpc) is 2.27. The topological polar surface area (TPSA) is 37.3 Å². The highest BCUT2D eigenvalue weighted by atomic mass is 16.4. The molecule has 2 nitrogen and oxygen atoms in total. The monoisotopic (exact) mass is 212 g/mol. The molecule has 2 heteroatoms. The molecular weight excluding hydrogens is 188 g/mol. The van der Waals surface area contributed by atoms with Crippen LogP contribution in [-0.4, -0.2) is 11.1 Å². The summed E-state index contributed by atoms with van der Waals surface area (Å²) in [5.41, 5.74) is -0.499. The zero-order valence-electron chi connectivity index (χ0n) is 10.3. The van der Waals surface area contributed by atoms with Crippen molar-refractivity contribution in [1.29, 1.82) is 0 Å². The third-order valence-corrected chi connectivity index (χ3v) is 4.47. The standard InChI is InChI=1S/C13H24O2/c1-4-10-8-6-7-9-11(10)13(3,5-2)12(14)15/h10-11H,4-9H2,1-3H3,(H,14,15). The average molecular weight is 212 g/mol. The number of carbonyl (C=O) groups is 1. The molecule has 0 bridgehead atoms. The first-order valence-corrected chi connectivity index (χ1v) is 6.29. The third-order valence-electron chi connectivity index (χ3n) is 4.47. The van der Waals surface area contributed by atoms with Gasteiger partial charge in [-0.1, -0.05) is 39.5 Å². The predicted molar refractivity (Wildman–Crippen MR) is 61.8 cm³/mol. The van der Waals surface area contributed by atoms with Gasteiger partial charge in [-0.05, 0) is 31.6 Å². The van der Waals surface area contributed by atoms with Crippen LogP contribution in [0.2, 0.25) is 0 Å². The molecule has 0 aliphatic heterocycles. The molecule has 1 N–H and O–H groups in total. The largest absolute Gasteiger partial charge is 0.481 e. The SMILES string of the molecule is CCC1CCCCC1C(C)(CC)C(=O)O. The first kappa shape index (κ1) is 12.5. The molecule has 88 valence electrons. The van der Waals surface area contributed by atoms with Crippen molar-refractivity contribution in [2.45, 2.75) is 59.3 Å². The third kappa shape index (κ3) is 2.35. The minimum atomic E-state index is -0.602. The van der Waals surface area contributed by atoms with Crippen molar-refractivity contribution in [3.05, 3.63) is 0 Å². The van der Waals surface area contributed by atoms with Gasteiger partial charge in [-0.15, -0.1) is 0 Å². The van der Waals surface area contributed by atoms with Crippen LogP contribution in [0.5, 0.6) is 0 Å². The van der Waals surface area contributed by atoms with Crippen molar-refractivity contribution >= 4 is 5.97 Å². The predicted octanol–water partition coefficient (Wildman–Crippen LogP) is 3.70. The maximum Gasteiger partial charge on any atom is 0.309 e. The van der Waals surface area contributed by atoms with E-state index < -0.39 is 11.4 Å². The lowest BCUT2D eigenvalue weighted by Gasteiger charge is -2.41. The van der Waals surface area contributed by atoms with Crippen LogP contribution >= 0.6 is 0 Å². The summed E-state index contributed by atoms with van der Waals surface area (Å²) in [6.45, 7) is 6.14. The molecule has 1 fully saturated rings. The summed E-state index contributed by atoms with van der Waals surface area (Å²) in [6.07, 6.45) is 6.72. The second-order valence-electron chi connectivity index (χ2n) is 5.14. The first-order chi connectivity index (χ1) is 7.06. The molecule has 0 aromatic carbocycles. The van der Waals surface area contributed by atoms with Gasteiger partial charge in [0.25, 0.3) is 0 Å². The summed E-state index contributed by atoms with van der Waals surface area (Å²) in [4.78, 5) is 11.4. The molecule has 1 rings (SSSR count). The van der Waals surface area contributed by atoms with Crippen molar-refractivity contribution in [3.8, 4) is 0 Å². The normalized spacial score (nSPS) is 30.9. The molecular formula is C13H24O2. The van der Waals surface area contributed by atoms with Crippen molar-refractivity contribution < 1.29 is 9.90 Å². The smallest absolute Gasteiger partial charge is 0.309 e. The van der Waals surface area contributed by atoms with Crippen LogP contribution in [0.1, 0.15) is 59.3 Å². The van der Waals surface area contributed by atoms with E-state index in [1.165, 1.54) is 19.3 Å². The molecule has 0 radical (unpaired) electrons. The quantitative estimate of drug-likeness (QED) is 0.771. The van der Waals surface area contributed by atoms with Crippen LogP contribution in [0.15, 0.2) is 0 Å². The van der Waals surface area contributed by atoms with E-state index in [2.05, 4.69) is 6.92 Å². The Labute approximate surface area is 93.1 Å². The van der Waals surface area contributed by atoms with Crippen molar-refractivity contribution in [2.75, 3.05) is 0 Å². The molecule has 1 aliphatic rings. The van der Waals surface area contributed by atoms with Crippen molar-refractivity contribution in [2.24, 2.45) is 17.3 Å². The van der Waals surface area contributed by atoms with Gasteiger partial charge in [0.05, 0.1) is 5.41 Å². The molecule has 1 saturated carbocycles. The van der Waals surface area contributed by atoms with Gasteiger partial charge in [0, 0.05) is 0 Å². The molecule has 0 spiro atoms. The van der Waals surface area contributed by atoms with E-state index in [9.17, 15) is 9.90 Å². The Morgan fingerprint density at radius 1 is 1.33 bits per heavy atom. The second kappa shape index (κ2) is 5.00. The molecule has 0 aromatic heterocycles. The van der Waals surface area contributed by atoms with Crippen LogP contribution < -0.4 is 0 Å². The van der Waals surface area contributed by atoms with Gasteiger partial charge < -0.3 is 5.11 Å². The van der Waals surface area contributed by atoms with E-state index in [4.69, 9.17) is 0 Å². The van der Waals surface area contributed by atoms with Crippen LogP contribution in [0.3, 0.4) is 0 Å². The molecule has 3 unspecified atom stereocenters. The number of carboxylic acids is 1. The Kier molecular flexibility index (Phi) is 4.18. The fourth-order valence-electron chi connectivity index (χ4n) is 3.11. The van der Waals surface area contributed by atoms with Crippen LogP contribution in [0.4, 0.5) is 0 Å². The van der Waals surface area contributed by atoms with Crippen LogP contribution in [0, 0.1) is 17.3 Å². The zero-order valence-corrected chi connectivity index (χ0v) is 10.3. The van der Waals surface area contributed by atoms with Gasteiger partial charge in [-0.3, -0.25) is 4.79 Å². The summed E-state index contributed by atoms with van der Waals surface area (Å²) in [7, 11) is 0. The van der Waals surface area contributed by atoms with E-state index in [0.29, 0.717) is 11.8 Å². The molecule has 0 aromatic rings. The summed E-state index contributed by atoms with van der Waals surface area (Å²) in [5, 5.41) is 9.40. The van der Waals surface area contributed by atoms with E-state index in [-0.39, 0.29) is 0 Å². The van der Waals surface area contributed by atoms with Gasteiger partial charge >= 0.3 is 5.97 Å². The fraction of sp³-hybridized carbons (Fsp3) is 0.923. The molecule has 0 heterocycles. The molecule has 1 aliphatic carbocycles. The van der Waals surface area contributed by atoms with Gasteiger partial charge in [-0.25, -0.2) is 0 Å². The van der Waals surface area contributed by atoms with Gasteiger partial charge in [-0.2, -0.15) is 0 Å². The number of rotatable bonds is 4. The number of carboxylic acid groups (broad SMARTS) is 1. The Morgan fingerprint density at radius 3 is 2.40 bits per heavy atom. The Morgan fingerprint density at radius 2 is 1.93 bits per heavy atom. The highest BCUT2D eigenvalue weighted by Gasteiger charge is 2.43. The Balaban J connectivity index is 2.85. The lowest BCUT2D eigenvalue weighted by molar-refractivity contribution is -0.154. The second-order valence-corrected chi connectivity index (χ2v) is 5.14. The minimum absolute atomic E-state index is 0.388. The van der Waals surface area contributed by atoms with E-state index in [1.54, 1.807) is 0 Å². The molecule has 0 saturated heterocycles. The lowest BCUT2D eigenvalue weighted by atomic mass is 9.63. The fourth-order valence-corrected chi connectivity index (χ4v) is 3.11. The van der Waals surface area contributed by atoms with Gasteiger partial charge in [0.1, 0.15) is 0 Å².